The summed E-state index contributed by atoms with van der Waals surface area (Å²) in [6.45, 7) is 2.39. The fourth-order valence-electron chi connectivity index (χ4n) is 3.90. The first-order valence-corrected chi connectivity index (χ1v) is 11.7. The first kappa shape index (κ1) is 22.0. The number of esters is 1. The third kappa shape index (κ3) is 5.00. The predicted molar refractivity (Wildman–Crippen MR) is 131 cm³/mol. The number of rotatable bonds is 8. The van der Waals surface area contributed by atoms with Gasteiger partial charge in [-0.3, -0.25) is 0 Å². The van der Waals surface area contributed by atoms with Gasteiger partial charge in [-0.15, -0.1) is 11.8 Å². The molecule has 0 saturated carbocycles. The molecule has 1 aliphatic rings. The van der Waals surface area contributed by atoms with Crippen LogP contribution in [-0.2, 0) is 21.6 Å². The summed E-state index contributed by atoms with van der Waals surface area (Å²) < 4.78 is 6.07. The largest absolute Gasteiger partial charge is 0.511 e. The van der Waals surface area contributed by atoms with Gasteiger partial charge in [0.15, 0.2) is 5.60 Å². The van der Waals surface area contributed by atoms with Gasteiger partial charge in [-0.25, -0.2) is 4.79 Å². The van der Waals surface area contributed by atoms with Gasteiger partial charge < -0.3 is 15.2 Å². The minimum atomic E-state index is -0.978. The number of aryl methyl sites for hydroxylation is 2. The van der Waals surface area contributed by atoms with Crippen LogP contribution in [0.3, 0.4) is 0 Å². The molecule has 4 nitrogen and oxygen atoms in total. The molecule has 2 N–H and O–H groups in total. The van der Waals surface area contributed by atoms with Crippen molar-refractivity contribution in [2.75, 3.05) is 17.6 Å². The second kappa shape index (κ2) is 9.96. The molecule has 0 amide bonds. The van der Waals surface area contributed by atoms with Crippen LogP contribution in [0.1, 0.15) is 23.1 Å². The Morgan fingerprint density at radius 1 is 0.969 bits per heavy atom. The monoisotopic (exact) mass is 445 g/mol. The van der Waals surface area contributed by atoms with E-state index in [4.69, 9.17) is 4.74 Å². The lowest BCUT2D eigenvalue weighted by molar-refractivity contribution is -0.157. The van der Waals surface area contributed by atoms with Crippen LogP contribution in [0.5, 0.6) is 0 Å². The van der Waals surface area contributed by atoms with Gasteiger partial charge in [-0.1, -0.05) is 78.9 Å². The lowest BCUT2D eigenvalue weighted by Crippen LogP contribution is -2.43. The van der Waals surface area contributed by atoms with Crippen molar-refractivity contribution in [3.05, 3.63) is 112 Å². The molecule has 0 aliphatic carbocycles. The number of carbonyl (C=O) groups is 1. The van der Waals surface area contributed by atoms with Crippen molar-refractivity contribution in [2.24, 2.45) is 0 Å². The smallest absolute Gasteiger partial charge is 0.349 e. The van der Waals surface area contributed by atoms with Crippen LogP contribution in [0.25, 0.3) is 0 Å². The zero-order valence-corrected chi connectivity index (χ0v) is 18.9. The van der Waals surface area contributed by atoms with Gasteiger partial charge in [0.25, 0.3) is 0 Å². The number of aliphatic hydroxyl groups is 1. The van der Waals surface area contributed by atoms with Crippen LogP contribution in [0, 0.1) is 6.92 Å². The number of ether oxygens (including phenoxy) is 1. The molecular formula is C27H27NO3S. The molecule has 1 aliphatic heterocycles. The predicted octanol–water partition coefficient (Wildman–Crippen LogP) is 5.99. The molecule has 0 aromatic heterocycles. The molecule has 32 heavy (non-hydrogen) atoms. The van der Waals surface area contributed by atoms with Crippen LogP contribution in [0.2, 0.25) is 0 Å². The van der Waals surface area contributed by atoms with E-state index in [1.807, 2.05) is 79.7 Å². The maximum absolute atomic E-state index is 13.0. The zero-order chi connectivity index (χ0) is 22.4. The Balaban J connectivity index is 1.54. The van der Waals surface area contributed by atoms with Crippen LogP contribution >= 0.6 is 11.8 Å². The Hall–Kier alpha value is -3.18. The first-order valence-electron chi connectivity index (χ1n) is 10.7. The fourth-order valence-corrected chi connectivity index (χ4v) is 4.84. The number of anilines is 1. The van der Waals surface area contributed by atoms with Crippen molar-refractivity contribution in [3.8, 4) is 0 Å². The average Bonchev–Trinajstić information content (AvgIpc) is 2.81. The number of benzene rings is 3. The highest BCUT2D eigenvalue weighted by atomic mass is 32.2. The van der Waals surface area contributed by atoms with Crippen molar-refractivity contribution in [2.45, 2.75) is 25.4 Å². The van der Waals surface area contributed by atoms with Gasteiger partial charge >= 0.3 is 5.97 Å². The van der Waals surface area contributed by atoms with Crippen LogP contribution in [-0.4, -0.2) is 23.4 Å². The molecule has 1 unspecified atom stereocenters. The number of hydrogen-bond acceptors (Lipinski definition) is 5. The molecule has 0 saturated heterocycles. The van der Waals surface area contributed by atoms with Gasteiger partial charge in [0.1, 0.15) is 10.7 Å². The van der Waals surface area contributed by atoms with E-state index >= 15 is 0 Å². The molecule has 5 heteroatoms. The number of aliphatic hydroxyl groups excluding tert-OH is 1. The number of para-hydroxylation sites is 1. The maximum atomic E-state index is 13.0. The molecule has 1 atom stereocenters. The number of hydrogen-bond donors (Lipinski definition) is 2. The van der Waals surface area contributed by atoms with E-state index in [2.05, 4.69) is 17.4 Å². The molecule has 1 heterocycles. The fraction of sp³-hybridized carbons (Fsp3) is 0.222. The van der Waals surface area contributed by atoms with E-state index < -0.39 is 11.6 Å². The van der Waals surface area contributed by atoms with Gasteiger partial charge in [-0.05, 0) is 36.1 Å². The number of thioether (sulfide) groups is 1. The van der Waals surface area contributed by atoms with Crippen LogP contribution < -0.4 is 5.32 Å². The highest BCUT2D eigenvalue weighted by Gasteiger charge is 2.43. The summed E-state index contributed by atoms with van der Waals surface area (Å²) >= 11 is 1.36. The average molecular weight is 446 g/mol. The summed E-state index contributed by atoms with van der Waals surface area (Å²) in [5, 5.41) is 14.3. The van der Waals surface area contributed by atoms with E-state index in [9.17, 15) is 9.90 Å². The molecule has 164 valence electrons. The summed E-state index contributed by atoms with van der Waals surface area (Å²) in [4.78, 5) is 13.3. The minimum absolute atomic E-state index is 0.0924. The van der Waals surface area contributed by atoms with E-state index in [1.165, 1.54) is 17.3 Å². The molecule has 3 aromatic carbocycles. The van der Waals surface area contributed by atoms with Gasteiger partial charge in [0.05, 0.1) is 13.0 Å². The molecular weight excluding hydrogens is 418 g/mol. The Labute approximate surface area is 193 Å². The van der Waals surface area contributed by atoms with Crippen molar-refractivity contribution >= 4 is 23.4 Å². The van der Waals surface area contributed by atoms with Crippen molar-refractivity contribution < 1.29 is 14.6 Å². The third-order valence-corrected chi connectivity index (χ3v) is 6.78. The molecule has 0 radical (unpaired) electrons. The Morgan fingerprint density at radius 3 is 2.31 bits per heavy atom. The normalized spacial score (nSPS) is 18.3. The first-order chi connectivity index (χ1) is 15.6. The van der Waals surface area contributed by atoms with Crippen molar-refractivity contribution in [1.82, 2.24) is 0 Å². The molecule has 0 bridgehead atoms. The summed E-state index contributed by atoms with van der Waals surface area (Å²) in [5.74, 6) is 0.315. The van der Waals surface area contributed by atoms with E-state index in [-0.39, 0.29) is 12.2 Å². The SMILES string of the molecule is Cc1ccccc1NCC1(c2ccccc2)CC(O)=C(SCCc2ccccc2)C(=O)O1. The summed E-state index contributed by atoms with van der Waals surface area (Å²) in [6.07, 6.45) is 1.05. The number of carbonyl (C=O) groups excluding carboxylic acids is 1. The van der Waals surface area contributed by atoms with Gasteiger partial charge in [0, 0.05) is 11.4 Å². The van der Waals surface area contributed by atoms with E-state index in [0.29, 0.717) is 17.2 Å². The zero-order valence-electron chi connectivity index (χ0n) is 18.1. The highest BCUT2D eigenvalue weighted by molar-refractivity contribution is 8.04. The topological polar surface area (TPSA) is 58.6 Å². The second-order valence-corrected chi connectivity index (χ2v) is 9.06. The summed E-state index contributed by atoms with van der Waals surface area (Å²) in [6, 6.07) is 27.7. The summed E-state index contributed by atoms with van der Waals surface area (Å²) in [5.41, 5.74) is 3.16. The molecule has 0 spiro atoms. The van der Waals surface area contributed by atoms with Crippen LogP contribution in [0.15, 0.2) is 95.6 Å². The lowest BCUT2D eigenvalue weighted by atomic mass is 9.87. The van der Waals surface area contributed by atoms with Gasteiger partial charge in [0.2, 0.25) is 0 Å². The Morgan fingerprint density at radius 2 is 1.62 bits per heavy atom. The molecule has 0 fully saturated rings. The van der Waals surface area contributed by atoms with Crippen molar-refractivity contribution in [1.29, 1.82) is 0 Å². The summed E-state index contributed by atoms with van der Waals surface area (Å²) in [7, 11) is 0. The van der Waals surface area contributed by atoms with Gasteiger partial charge in [-0.2, -0.15) is 0 Å². The Bertz CT molecular complexity index is 1100. The number of cyclic esters (lactones) is 1. The standard InChI is InChI=1S/C27H27NO3S/c1-20-10-8-9-15-23(20)28-19-27(22-13-6-3-7-14-22)18-24(29)25(26(30)31-27)32-17-16-21-11-4-2-5-12-21/h2-15,28-29H,16-19H2,1H3. The highest BCUT2D eigenvalue weighted by Crippen LogP contribution is 2.41. The second-order valence-electron chi connectivity index (χ2n) is 7.95. The lowest BCUT2D eigenvalue weighted by Gasteiger charge is -2.38. The minimum Gasteiger partial charge on any atom is -0.511 e. The quantitative estimate of drug-likeness (QED) is 0.417. The Kier molecular flexibility index (Phi) is 6.86. The van der Waals surface area contributed by atoms with Crippen LogP contribution in [0.4, 0.5) is 5.69 Å². The molecule has 4 rings (SSSR count). The third-order valence-electron chi connectivity index (χ3n) is 5.68. The van der Waals surface area contributed by atoms with E-state index in [0.717, 1.165) is 23.2 Å². The van der Waals surface area contributed by atoms with Crippen molar-refractivity contribution in [3.63, 3.8) is 0 Å². The van der Waals surface area contributed by atoms with E-state index in [1.54, 1.807) is 0 Å². The maximum Gasteiger partial charge on any atom is 0.349 e. The number of nitrogens with one attached hydrogen (secondary N) is 1. The molecule has 3 aromatic rings.